The Labute approximate surface area is 120 Å². The van der Waals surface area contributed by atoms with Gasteiger partial charge in [-0.2, -0.15) is 14.6 Å². The Kier molecular flexibility index (Phi) is 4.46. The number of rotatable bonds is 5. The Morgan fingerprint density at radius 2 is 2.30 bits per heavy atom. The van der Waals surface area contributed by atoms with Crippen LogP contribution in [0, 0.1) is 0 Å². The smallest absolute Gasteiger partial charge is 0.258 e. The number of nitrogens with two attached hydrogens (primary N) is 1. The third-order valence-corrected chi connectivity index (χ3v) is 3.24. The first-order chi connectivity index (χ1) is 9.58. The van der Waals surface area contributed by atoms with Crippen molar-refractivity contribution in [2.45, 2.75) is 26.4 Å². The lowest BCUT2D eigenvalue weighted by atomic mass is 10.2. The van der Waals surface area contributed by atoms with E-state index in [1.54, 1.807) is 12.3 Å². The highest BCUT2D eigenvalue weighted by molar-refractivity contribution is 7.11. The van der Waals surface area contributed by atoms with E-state index in [2.05, 4.69) is 25.2 Å². The Morgan fingerprint density at radius 1 is 1.50 bits per heavy atom. The van der Waals surface area contributed by atoms with Crippen LogP contribution in [0.1, 0.15) is 29.9 Å². The van der Waals surface area contributed by atoms with E-state index >= 15 is 0 Å². The molecule has 0 fully saturated rings. The van der Waals surface area contributed by atoms with Gasteiger partial charge in [-0.25, -0.2) is 0 Å². The van der Waals surface area contributed by atoms with Crippen LogP contribution in [0.4, 0.5) is 10.8 Å². The molecule has 7 nitrogen and oxygen atoms in total. The molecule has 0 aliphatic rings. The van der Waals surface area contributed by atoms with Crippen LogP contribution in [0.15, 0.2) is 18.3 Å². The lowest BCUT2D eigenvalue weighted by molar-refractivity contribution is 0.0945. The van der Waals surface area contributed by atoms with Crippen LogP contribution in [0.3, 0.4) is 0 Å². The first kappa shape index (κ1) is 14.2. The van der Waals surface area contributed by atoms with E-state index < -0.39 is 0 Å². The molecule has 0 radical (unpaired) electrons. The van der Waals surface area contributed by atoms with Crippen LogP contribution in [0.5, 0.6) is 0 Å². The summed E-state index contributed by atoms with van der Waals surface area (Å²) in [5, 5.41) is 14.3. The number of nitrogens with zero attached hydrogens (tertiary/aromatic N) is 3. The summed E-state index contributed by atoms with van der Waals surface area (Å²) in [5.74, 6) is 0.00249. The second-order valence-electron chi connectivity index (χ2n) is 4.47. The molecule has 0 spiro atoms. The molecule has 2 rings (SSSR count). The van der Waals surface area contributed by atoms with Crippen LogP contribution in [0.2, 0.25) is 0 Å². The first-order valence-corrected chi connectivity index (χ1v) is 6.91. The monoisotopic (exact) mass is 292 g/mol. The van der Waals surface area contributed by atoms with Gasteiger partial charge in [0.25, 0.3) is 5.91 Å². The number of nitrogens with one attached hydrogen (secondary N) is 2. The van der Waals surface area contributed by atoms with Crippen molar-refractivity contribution in [3.63, 3.8) is 0 Å². The Balaban J connectivity index is 2.11. The molecule has 4 N–H and O–H groups in total. The van der Waals surface area contributed by atoms with Crippen LogP contribution in [0.25, 0.3) is 0 Å². The number of carbonyl (C=O) groups excluding carboxylic acids is 1. The van der Waals surface area contributed by atoms with Crippen molar-refractivity contribution in [3.05, 3.63) is 29.6 Å². The number of aromatic nitrogens is 3. The molecule has 2 heterocycles. The van der Waals surface area contributed by atoms with E-state index in [4.69, 9.17) is 5.73 Å². The summed E-state index contributed by atoms with van der Waals surface area (Å²) in [6.45, 7) is 4.23. The highest BCUT2D eigenvalue weighted by atomic mass is 32.1. The van der Waals surface area contributed by atoms with Crippen LogP contribution < -0.4 is 16.4 Å². The predicted molar refractivity (Wildman–Crippen MR) is 78.5 cm³/mol. The fraction of sp³-hybridized carbons (Fsp3) is 0.333. The molecule has 0 bridgehead atoms. The summed E-state index contributed by atoms with van der Waals surface area (Å²) in [6.07, 6.45) is 1.61. The summed E-state index contributed by atoms with van der Waals surface area (Å²) >= 11 is 1.16. The third-order valence-electron chi connectivity index (χ3n) is 2.42. The minimum atomic E-state index is -0.229. The van der Waals surface area contributed by atoms with Crippen molar-refractivity contribution >= 4 is 28.3 Å². The van der Waals surface area contributed by atoms with E-state index in [-0.39, 0.29) is 17.8 Å². The van der Waals surface area contributed by atoms with Crippen molar-refractivity contribution in [1.82, 2.24) is 19.9 Å². The van der Waals surface area contributed by atoms with Crippen molar-refractivity contribution in [2.75, 3.05) is 11.1 Å². The van der Waals surface area contributed by atoms with Crippen molar-refractivity contribution in [3.8, 4) is 0 Å². The molecule has 20 heavy (non-hydrogen) atoms. The second-order valence-corrected chi connectivity index (χ2v) is 5.24. The minimum absolute atomic E-state index is 0.0367. The molecular weight excluding hydrogens is 276 g/mol. The molecule has 1 amide bonds. The highest BCUT2D eigenvalue weighted by Crippen LogP contribution is 2.27. The van der Waals surface area contributed by atoms with Crippen molar-refractivity contribution < 1.29 is 4.79 Å². The Bertz CT molecular complexity index is 583. The normalized spacial score (nSPS) is 10.6. The maximum atomic E-state index is 12.1. The van der Waals surface area contributed by atoms with E-state index in [0.717, 1.165) is 17.2 Å². The number of hydrogen-bond donors (Lipinski definition) is 3. The zero-order chi connectivity index (χ0) is 14.5. The number of nitrogen functional groups attached to an aromatic ring is 1. The second kappa shape index (κ2) is 6.29. The average molecular weight is 292 g/mol. The highest BCUT2D eigenvalue weighted by Gasteiger charge is 2.19. The topological polar surface area (TPSA) is 106 Å². The zero-order valence-electron chi connectivity index (χ0n) is 11.3. The average Bonchev–Trinajstić information content (AvgIpc) is 2.78. The standard InChI is InChI=1S/C12H16N6OS/c1-7(2)16-11(19)9-10(13)18-20-12(9)14-6-8-4-3-5-15-17-8/h3-5,7,14H,6H2,1-2H3,(H2,13,18)(H,16,19). The quantitative estimate of drug-likeness (QED) is 0.766. The number of anilines is 2. The van der Waals surface area contributed by atoms with Gasteiger partial charge in [-0.15, -0.1) is 0 Å². The Hall–Kier alpha value is -2.22. The molecule has 106 valence electrons. The van der Waals surface area contributed by atoms with Gasteiger partial charge in [0.1, 0.15) is 10.6 Å². The first-order valence-electron chi connectivity index (χ1n) is 6.14. The van der Waals surface area contributed by atoms with Gasteiger partial charge >= 0.3 is 0 Å². The fourth-order valence-corrected chi connectivity index (χ4v) is 2.28. The molecule has 0 unspecified atom stereocenters. The molecule has 0 aliphatic heterocycles. The van der Waals surface area contributed by atoms with E-state index in [1.165, 1.54) is 0 Å². The molecule has 0 saturated carbocycles. The molecule has 8 heteroatoms. The largest absolute Gasteiger partial charge is 0.382 e. The molecule has 0 saturated heterocycles. The maximum absolute atomic E-state index is 12.1. The van der Waals surface area contributed by atoms with Gasteiger partial charge in [0.15, 0.2) is 5.82 Å². The predicted octanol–water partition coefficient (Wildman–Crippen LogP) is 1.27. The minimum Gasteiger partial charge on any atom is -0.382 e. The van der Waals surface area contributed by atoms with Crippen molar-refractivity contribution in [2.24, 2.45) is 0 Å². The lowest BCUT2D eigenvalue weighted by Gasteiger charge is -2.10. The lowest BCUT2D eigenvalue weighted by Crippen LogP contribution is -2.30. The molecule has 0 aliphatic carbocycles. The van der Waals surface area contributed by atoms with Crippen LogP contribution in [-0.2, 0) is 6.54 Å². The Morgan fingerprint density at radius 3 is 2.95 bits per heavy atom. The van der Waals surface area contributed by atoms with Gasteiger partial charge in [-0.1, -0.05) is 0 Å². The van der Waals surface area contributed by atoms with Gasteiger partial charge in [0, 0.05) is 12.2 Å². The van der Waals surface area contributed by atoms with Gasteiger partial charge in [0.05, 0.1) is 12.2 Å². The summed E-state index contributed by atoms with van der Waals surface area (Å²) in [7, 11) is 0. The molecule has 2 aromatic rings. The van der Waals surface area contributed by atoms with Gasteiger partial charge in [0.2, 0.25) is 0 Å². The number of amides is 1. The molecular formula is C12H16N6OS. The third kappa shape index (κ3) is 3.41. The fourth-order valence-electron chi connectivity index (χ4n) is 1.58. The van der Waals surface area contributed by atoms with Crippen LogP contribution >= 0.6 is 11.5 Å². The van der Waals surface area contributed by atoms with Gasteiger partial charge in [-0.05, 0) is 37.5 Å². The molecule has 0 aromatic carbocycles. The molecule has 0 atom stereocenters. The van der Waals surface area contributed by atoms with Crippen molar-refractivity contribution in [1.29, 1.82) is 0 Å². The van der Waals surface area contributed by atoms with E-state index in [0.29, 0.717) is 17.1 Å². The zero-order valence-corrected chi connectivity index (χ0v) is 12.1. The number of carbonyl (C=O) groups is 1. The van der Waals surface area contributed by atoms with Crippen LogP contribution in [-0.4, -0.2) is 26.5 Å². The van der Waals surface area contributed by atoms with E-state index in [1.807, 2.05) is 19.9 Å². The number of hydrogen-bond acceptors (Lipinski definition) is 7. The summed E-state index contributed by atoms with van der Waals surface area (Å²) in [6, 6.07) is 3.69. The van der Waals surface area contributed by atoms with Gasteiger partial charge < -0.3 is 16.4 Å². The summed E-state index contributed by atoms with van der Waals surface area (Å²) in [5.41, 5.74) is 6.91. The summed E-state index contributed by atoms with van der Waals surface area (Å²) in [4.78, 5) is 12.1. The molecule has 2 aromatic heterocycles. The summed E-state index contributed by atoms with van der Waals surface area (Å²) < 4.78 is 4.02. The SMILES string of the molecule is CC(C)NC(=O)c1c(N)nsc1NCc1cccnn1. The maximum Gasteiger partial charge on any atom is 0.258 e. The van der Waals surface area contributed by atoms with E-state index in [9.17, 15) is 4.79 Å². The van der Waals surface area contributed by atoms with Gasteiger partial charge in [-0.3, -0.25) is 4.79 Å².